The third kappa shape index (κ3) is 6.90. The molecular formula is C28H35N. The van der Waals surface area contributed by atoms with Crippen LogP contribution in [0.5, 0.6) is 0 Å². The number of hydrogen-bond donors (Lipinski definition) is 0. The Balaban J connectivity index is 1.39. The van der Waals surface area contributed by atoms with Gasteiger partial charge in [-0.2, -0.15) is 5.26 Å². The van der Waals surface area contributed by atoms with E-state index in [9.17, 15) is 0 Å². The van der Waals surface area contributed by atoms with Crippen LogP contribution in [0.3, 0.4) is 0 Å². The lowest BCUT2D eigenvalue weighted by molar-refractivity contribution is 0.289. The average molecular weight is 386 g/mol. The van der Waals surface area contributed by atoms with Gasteiger partial charge in [0.2, 0.25) is 0 Å². The van der Waals surface area contributed by atoms with Gasteiger partial charge in [-0.1, -0.05) is 81.2 Å². The van der Waals surface area contributed by atoms with Gasteiger partial charge in [0.25, 0.3) is 0 Å². The molecule has 0 heterocycles. The first-order valence-electron chi connectivity index (χ1n) is 11.5. The maximum atomic E-state index is 8.92. The van der Waals surface area contributed by atoms with Crippen molar-refractivity contribution in [2.45, 2.75) is 71.1 Å². The minimum atomic E-state index is 0.710. The molecule has 0 bridgehead atoms. The van der Waals surface area contributed by atoms with Crippen LogP contribution >= 0.6 is 0 Å². The Kier molecular flexibility index (Phi) is 8.57. The van der Waals surface area contributed by atoms with E-state index in [1.807, 2.05) is 24.3 Å². The van der Waals surface area contributed by atoms with Gasteiger partial charge >= 0.3 is 0 Å². The van der Waals surface area contributed by atoms with Gasteiger partial charge in [-0.3, -0.25) is 0 Å². The number of nitrogens with zero attached hydrogens (tertiary/aromatic N) is 1. The average Bonchev–Trinajstić information content (AvgIpc) is 2.78. The van der Waals surface area contributed by atoms with Gasteiger partial charge in [0.05, 0.1) is 11.6 Å². The number of allylic oxidation sites excluding steroid dienone is 2. The lowest BCUT2D eigenvalue weighted by Gasteiger charge is -2.26. The predicted molar refractivity (Wildman–Crippen MR) is 124 cm³/mol. The van der Waals surface area contributed by atoms with Crippen molar-refractivity contribution in [3.8, 4) is 17.2 Å². The quantitative estimate of drug-likeness (QED) is 0.316. The molecule has 0 atom stereocenters. The highest BCUT2D eigenvalue weighted by atomic mass is 14.2. The molecule has 0 N–H and O–H groups in total. The zero-order valence-corrected chi connectivity index (χ0v) is 17.9. The summed E-state index contributed by atoms with van der Waals surface area (Å²) in [6.07, 6.45) is 18.5. The van der Waals surface area contributed by atoms with Gasteiger partial charge in [0, 0.05) is 0 Å². The van der Waals surface area contributed by atoms with Crippen molar-refractivity contribution in [2.24, 2.45) is 11.8 Å². The maximum absolute atomic E-state index is 8.92. The summed E-state index contributed by atoms with van der Waals surface area (Å²) in [4.78, 5) is 0. The van der Waals surface area contributed by atoms with E-state index in [1.54, 1.807) is 0 Å². The number of benzene rings is 2. The Hall–Kier alpha value is -2.33. The standard InChI is InChI=1S/C28H35N/c1-2-3-4-7-23-10-12-24(13-11-23)8-5-6-9-25-14-18-27(19-15-25)28-20-16-26(22-29)17-21-28/h5,8,14-21,23-24H,2-4,6-7,9-13H2,1H3/b8-5+. The summed E-state index contributed by atoms with van der Waals surface area (Å²) in [6, 6.07) is 18.8. The monoisotopic (exact) mass is 385 g/mol. The highest BCUT2D eigenvalue weighted by Crippen LogP contribution is 2.32. The molecule has 1 nitrogen and oxygen atoms in total. The van der Waals surface area contributed by atoms with Crippen LogP contribution in [-0.2, 0) is 6.42 Å². The molecule has 0 aromatic heterocycles. The Morgan fingerprint density at radius 1 is 0.897 bits per heavy atom. The van der Waals surface area contributed by atoms with Crippen molar-refractivity contribution in [1.82, 2.24) is 0 Å². The molecule has 29 heavy (non-hydrogen) atoms. The molecule has 0 spiro atoms. The summed E-state index contributed by atoms with van der Waals surface area (Å²) in [7, 11) is 0. The largest absolute Gasteiger partial charge is 0.192 e. The Labute approximate surface area is 177 Å². The van der Waals surface area contributed by atoms with Crippen LogP contribution < -0.4 is 0 Å². The van der Waals surface area contributed by atoms with Crippen molar-refractivity contribution in [3.05, 3.63) is 71.8 Å². The van der Waals surface area contributed by atoms with Gasteiger partial charge in [0.15, 0.2) is 0 Å². The van der Waals surface area contributed by atoms with Gasteiger partial charge in [-0.15, -0.1) is 0 Å². The summed E-state index contributed by atoms with van der Waals surface area (Å²) >= 11 is 0. The van der Waals surface area contributed by atoms with E-state index in [4.69, 9.17) is 5.26 Å². The number of nitriles is 1. The molecule has 1 saturated carbocycles. The van der Waals surface area contributed by atoms with E-state index in [2.05, 4.69) is 49.4 Å². The summed E-state index contributed by atoms with van der Waals surface area (Å²) in [5, 5.41) is 8.92. The van der Waals surface area contributed by atoms with Crippen LogP contribution in [-0.4, -0.2) is 0 Å². The Morgan fingerprint density at radius 2 is 1.55 bits per heavy atom. The smallest absolute Gasteiger partial charge is 0.0991 e. The number of rotatable bonds is 9. The third-order valence-electron chi connectivity index (χ3n) is 6.42. The topological polar surface area (TPSA) is 23.8 Å². The summed E-state index contributed by atoms with van der Waals surface area (Å²) in [6.45, 7) is 2.30. The zero-order chi connectivity index (χ0) is 20.3. The van der Waals surface area contributed by atoms with E-state index in [-0.39, 0.29) is 0 Å². The van der Waals surface area contributed by atoms with E-state index in [0.717, 1.165) is 24.7 Å². The molecular weight excluding hydrogens is 350 g/mol. The predicted octanol–water partition coefficient (Wildman–Crippen LogP) is 8.10. The molecule has 2 aromatic carbocycles. The van der Waals surface area contributed by atoms with E-state index < -0.39 is 0 Å². The minimum absolute atomic E-state index is 0.710. The first-order valence-corrected chi connectivity index (χ1v) is 11.5. The fraction of sp³-hybridized carbons (Fsp3) is 0.464. The molecule has 3 rings (SSSR count). The van der Waals surface area contributed by atoms with Crippen LogP contribution in [0.25, 0.3) is 11.1 Å². The number of unbranched alkanes of at least 4 members (excludes halogenated alkanes) is 2. The molecule has 152 valence electrons. The van der Waals surface area contributed by atoms with Crippen LogP contribution in [0.1, 0.15) is 75.8 Å². The van der Waals surface area contributed by atoms with Crippen molar-refractivity contribution in [2.75, 3.05) is 0 Å². The van der Waals surface area contributed by atoms with Crippen LogP contribution in [0.15, 0.2) is 60.7 Å². The van der Waals surface area contributed by atoms with Crippen molar-refractivity contribution >= 4 is 0 Å². The van der Waals surface area contributed by atoms with Crippen LogP contribution in [0.2, 0.25) is 0 Å². The lowest BCUT2D eigenvalue weighted by atomic mass is 9.79. The van der Waals surface area contributed by atoms with Gasteiger partial charge < -0.3 is 0 Å². The molecule has 2 aromatic rings. The molecule has 0 aliphatic heterocycles. The second-order valence-corrected chi connectivity index (χ2v) is 8.63. The van der Waals surface area contributed by atoms with Crippen molar-refractivity contribution in [3.63, 3.8) is 0 Å². The number of hydrogen-bond acceptors (Lipinski definition) is 1. The van der Waals surface area contributed by atoms with Gasteiger partial charge in [-0.05, 0) is 79.2 Å². The van der Waals surface area contributed by atoms with Crippen LogP contribution in [0, 0.1) is 23.2 Å². The third-order valence-corrected chi connectivity index (χ3v) is 6.42. The minimum Gasteiger partial charge on any atom is -0.192 e. The molecule has 0 radical (unpaired) electrons. The molecule has 0 amide bonds. The first-order chi connectivity index (χ1) is 14.3. The zero-order valence-electron chi connectivity index (χ0n) is 17.9. The van der Waals surface area contributed by atoms with Gasteiger partial charge in [-0.25, -0.2) is 0 Å². The second-order valence-electron chi connectivity index (χ2n) is 8.63. The lowest BCUT2D eigenvalue weighted by Crippen LogP contribution is -2.13. The van der Waals surface area contributed by atoms with Crippen molar-refractivity contribution in [1.29, 1.82) is 5.26 Å². The summed E-state index contributed by atoms with van der Waals surface area (Å²) < 4.78 is 0. The van der Waals surface area contributed by atoms with E-state index >= 15 is 0 Å². The summed E-state index contributed by atoms with van der Waals surface area (Å²) in [5.41, 5.74) is 4.49. The Morgan fingerprint density at radius 3 is 2.17 bits per heavy atom. The van der Waals surface area contributed by atoms with Gasteiger partial charge in [0.1, 0.15) is 0 Å². The molecule has 1 aliphatic rings. The molecule has 1 heteroatoms. The second kappa shape index (κ2) is 11.6. The molecule has 1 fully saturated rings. The van der Waals surface area contributed by atoms with E-state index in [1.165, 1.54) is 68.1 Å². The summed E-state index contributed by atoms with van der Waals surface area (Å²) in [5.74, 6) is 1.82. The molecule has 0 unspecified atom stereocenters. The molecule has 0 saturated heterocycles. The van der Waals surface area contributed by atoms with E-state index in [0.29, 0.717) is 5.56 Å². The highest BCUT2D eigenvalue weighted by molar-refractivity contribution is 5.64. The fourth-order valence-corrected chi connectivity index (χ4v) is 4.49. The highest BCUT2D eigenvalue weighted by Gasteiger charge is 2.18. The normalized spacial score (nSPS) is 19.3. The number of aryl methyl sites for hydroxylation is 1. The maximum Gasteiger partial charge on any atom is 0.0991 e. The first kappa shape index (κ1) is 21.4. The molecule has 1 aliphatic carbocycles. The Bertz CT molecular complexity index is 784. The fourth-order valence-electron chi connectivity index (χ4n) is 4.49. The van der Waals surface area contributed by atoms with Crippen LogP contribution in [0.4, 0.5) is 0 Å². The van der Waals surface area contributed by atoms with Crippen molar-refractivity contribution < 1.29 is 0 Å². The SMILES string of the molecule is CCCCCC1CCC(/C=C/CCc2ccc(-c3ccc(C#N)cc3)cc2)CC1.